The molecular weight excluding hydrogens is 414 g/mol. The molecule has 5 unspecified atom stereocenters. The Morgan fingerprint density at radius 2 is 1.52 bits per heavy atom. The Kier molecular flexibility index (Phi) is 8.01. The minimum absolute atomic E-state index is 0.0399. The van der Waals surface area contributed by atoms with Gasteiger partial charge in [-0.15, -0.1) is 0 Å². The van der Waals surface area contributed by atoms with Gasteiger partial charge in [-0.2, -0.15) is 0 Å². The summed E-state index contributed by atoms with van der Waals surface area (Å²) in [6.07, 6.45) is -3.01. The van der Waals surface area contributed by atoms with Crippen molar-refractivity contribution in [3.05, 3.63) is 0 Å². The lowest BCUT2D eigenvalue weighted by molar-refractivity contribution is -0.411. The van der Waals surface area contributed by atoms with Crippen LogP contribution in [0.5, 0.6) is 0 Å². The summed E-state index contributed by atoms with van der Waals surface area (Å²) in [5.41, 5.74) is -1.53. The van der Waals surface area contributed by atoms with Crippen LogP contribution in [0.15, 0.2) is 0 Å². The highest BCUT2D eigenvalue weighted by atomic mass is 16.8. The largest absolute Gasteiger partial charge is 0.463 e. The quantitative estimate of drug-likeness (QED) is 0.356. The number of rotatable bonds is 9. The normalized spacial score (nSPS) is 31.8. The predicted molar refractivity (Wildman–Crippen MR) is 104 cm³/mol. The minimum Gasteiger partial charge on any atom is -0.463 e. The second-order valence-corrected chi connectivity index (χ2v) is 8.03. The van der Waals surface area contributed by atoms with Crippen molar-refractivity contribution in [3.8, 4) is 0 Å². The number of carbonyl (C=O) groups is 4. The molecule has 0 aromatic rings. The van der Waals surface area contributed by atoms with E-state index in [1.54, 1.807) is 0 Å². The van der Waals surface area contributed by atoms with E-state index in [1.165, 1.54) is 27.7 Å². The van der Waals surface area contributed by atoms with E-state index in [0.29, 0.717) is 6.54 Å². The molecule has 2 bridgehead atoms. The Balaban J connectivity index is 2.49. The smallest absolute Gasteiger partial charge is 0.303 e. The van der Waals surface area contributed by atoms with Gasteiger partial charge in [-0.3, -0.25) is 19.2 Å². The molecule has 11 heteroatoms. The van der Waals surface area contributed by atoms with Crippen LogP contribution in [0.1, 0.15) is 40.5 Å². The van der Waals surface area contributed by atoms with Crippen LogP contribution in [0, 0.1) is 0 Å². The van der Waals surface area contributed by atoms with Gasteiger partial charge in [-0.25, -0.2) is 0 Å². The summed E-state index contributed by atoms with van der Waals surface area (Å²) < 4.78 is 34.0. The van der Waals surface area contributed by atoms with Crippen molar-refractivity contribution in [1.82, 2.24) is 4.90 Å². The van der Waals surface area contributed by atoms with E-state index in [0.717, 1.165) is 0 Å². The number of nitrogens with zero attached hydrogens (tertiary/aromatic N) is 1. The molecule has 31 heavy (non-hydrogen) atoms. The number of likely N-dealkylation sites (N-methyl/N-ethyl adjacent to an activating group) is 1. The molecule has 0 radical (unpaired) electrons. The summed E-state index contributed by atoms with van der Waals surface area (Å²) in [6, 6.07) is 0. The Hall–Kier alpha value is -2.24. The third kappa shape index (κ3) is 5.92. The van der Waals surface area contributed by atoms with Crippen LogP contribution >= 0.6 is 0 Å². The lowest BCUT2D eigenvalue weighted by Crippen LogP contribution is -2.76. The molecule has 176 valence electrons. The first-order chi connectivity index (χ1) is 14.4. The van der Waals surface area contributed by atoms with Gasteiger partial charge in [0.25, 0.3) is 0 Å². The molecule has 2 saturated heterocycles. The van der Waals surface area contributed by atoms with Crippen molar-refractivity contribution in [1.29, 1.82) is 0 Å². The summed E-state index contributed by atoms with van der Waals surface area (Å²) in [7, 11) is 3.73. The first kappa shape index (κ1) is 25.0. The first-order valence-electron chi connectivity index (χ1n) is 10.0. The van der Waals surface area contributed by atoms with Crippen LogP contribution in [-0.2, 0) is 47.6 Å². The molecule has 3 aliphatic rings. The van der Waals surface area contributed by atoms with Crippen LogP contribution in [0.4, 0.5) is 0 Å². The first-order valence-corrected chi connectivity index (χ1v) is 10.0. The van der Waals surface area contributed by atoms with Crippen LogP contribution in [0.25, 0.3) is 0 Å². The monoisotopic (exact) mass is 445 g/mol. The van der Waals surface area contributed by atoms with E-state index in [1.807, 2.05) is 19.0 Å². The molecule has 2 heterocycles. The Bertz CT molecular complexity index is 710. The average Bonchev–Trinajstić information content (AvgIpc) is 2.60. The maximum absolute atomic E-state index is 12.0. The molecule has 0 aromatic carbocycles. The molecule has 5 atom stereocenters. The molecule has 1 saturated carbocycles. The lowest BCUT2D eigenvalue weighted by atomic mass is 9.70. The topological polar surface area (TPSA) is 127 Å². The minimum atomic E-state index is -1.53. The molecule has 0 amide bonds. The number of carbonyl (C=O) groups excluding carboxylic acids is 4. The van der Waals surface area contributed by atoms with Crippen LogP contribution in [-0.4, -0.2) is 92.3 Å². The molecule has 3 fully saturated rings. The molecular formula is C20H31NO10. The second kappa shape index (κ2) is 9.92. The number of esters is 4. The molecule has 0 N–H and O–H groups in total. The molecule has 2 aliphatic heterocycles. The number of hydrogen-bond acceptors (Lipinski definition) is 11. The summed E-state index contributed by atoms with van der Waals surface area (Å²) in [5, 5.41) is 0. The van der Waals surface area contributed by atoms with Crippen molar-refractivity contribution in [2.75, 3.05) is 33.9 Å². The fourth-order valence-corrected chi connectivity index (χ4v) is 4.01. The number of ether oxygens (including phenoxy) is 6. The van der Waals surface area contributed by atoms with Gasteiger partial charge in [0.1, 0.15) is 18.8 Å². The standard InChI is InChI=1S/C20H31NO10/c1-12(22)26-11-18-19(30-15(4)25)9-17(29-14(3)24)20(31-18,27-8-7-21(5)6)10-16(19)28-13(2)23/h16-18H,7-11H2,1-6H3. The van der Waals surface area contributed by atoms with Gasteiger partial charge >= 0.3 is 23.9 Å². The van der Waals surface area contributed by atoms with Gasteiger partial charge < -0.3 is 33.3 Å². The van der Waals surface area contributed by atoms with Crippen LogP contribution in [0.2, 0.25) is 0 Å². The summed E-state index contributed by atoms with van der Waals surface area (Å²) >= 11 is 0. The maximum atomic E-state index is 12.0. The maximum Gasteiger partial charge on any atom is 0.303 e. The Morgan fingerprint density at radius 3 is 2.03 bits per heavy atom. The third-order valence-electron chi connectivity index (χ3n) is 5.17. The highest BCUT2D eigenvalue weighted by molar-refractivity contribution is 5.69. The van der Waals surface area contributed by atoms with E-state index in [-0.39, 0.29) is 26.1 Å². The van der Waals surface area contributed by atoms with Crippen molar-refractivity contribution in [3.63, 3.8) is 0 Å². The SMILES string of the molecule is CC(=O)OCC1OC2(OCCN(C)C)CC(OC(C)=O)C1(OC(C)=O)CC2OC(C)=O. The Labute approximate surface area is 181 Å². The average molecular weight is 445 g/mol. The van der Waals surface area contributed by atoms with Crippen LogP contribution < -0.4 is 0 Å². The van der Waals surface area contributed by atoms with E-state index in [2.05, 4.69) is 0 Å². The molecule has 11 nitrogen and oxygen atoms in total. The highest BCUT2D eigenvalue weighted by Crippen LogP contribution is 2.52. The number of hydrogen-bond donors (Lipinski definition) is 0. The lowest BCUT2D eigenvalue weighted by Gasteiger charge is -2.60. The predicted octanol–water partition coefficient (Wildman–Crippen LogP) is 0.182. The summed E-state index contributed by atoms with van der Waals surface area (Å²) in [6.45, 7) is 5.40. The molecule has 3 rings (SSSR count). The Morgan fingerprint density at radius 1 is 0.903 bits per heavy atom. The molecule has 1 aliphatic carbocycles. The van der Waals surface area contributed by atoms with Gasteiger partial charge in [-0.1, -0.05) is 0 Å². The van der Waals surface area contributed by atoms with Crippen molar-refractivity contribution >= 4 is 23.9 Å². The van der Waals surface area contributed by atoms with Crippen LogP contribution in [0.3, 0.4) is 0 Å². The second-order valence-electron chi connectivity index (χ2n) is 8.03. The van der Waals surface area contributed by atoms with Gasteiger partial charge in [0.05, 0.1) is 6.61 Å². The van der Waals surface area contributed by atoms with Gasteiger partial charge in [0, 0.05) is 47.1 Å². The van der Waals surface area contributed by atoms with Gasteiger partial charge in [0.2, 0.25) is 5.79 Å². The summed E-state index contributed by atoms with van der Waals surface area (Å²) in [4.78, 5) is 49.0. The van der Waals surface area contributed by atoms with E-state index in [9.17, 15) is 19.2 Å². The van der Waals surface area contributed by atoms with Crippen molar-refractivity contribution in [2.24, 2.45) is 0 Å². The molecule has 0 spiro atoms. The van der Waals surface area contributed by atoms with E-state index < -0.39 is 53.6 Å². The van der Waals surface area contributed by atoms with E-state index in [4.69, 9.17) is 28.4 Å². The van der Waals surface area contributed by atoms with Crippen molar-refractivity contribution < 1.29 is 47.6 Å². The zero-order chi connectivity index (χ0) is 23.4. The van der Waals surface area contributed by atoms with Gasteiger partial charge in [-0.05, 0) is 14.1 Å². The fraction of sp³-hybridized carbons (Fsp3) is 0.800. The summed E-state index contributed by atoms with van der Waals surface area (Å²) in [5.74, 6) is -3.86. The fourth-order valence-electron chi connectivity index (χ4n) is 4.01. The zero-order valence-electron chi connectivity index (χ0n) is 18.8. The third-order valence-corrected chi connectivity index (χ3v) is 5.17. The molecule has 0 aromatic heterocycles. The van der Waals surface area contributed by atoms with Crippen molar-refractivity contribution in [2.45, 2.75) is 70.2 Å². The zero-order valence-corrected chi connectivity index (χ0v) is 18.8. The highest BCUT2D eigenvalue weighted by Gasteiger charge is 2.71. The van der Waals surface area contributed by atoms with E-state index >= 15 is 0 Å². The van der Waals surface area contributed by atoms with Gasteiger partial charge in [0.15, 0.2) is 11.7 Å². The number of fused-ring (bicyclic) bond motifs is 3.